The lowest BCUT2D eigenvalue weighted by Crippen LogP contribution is -2.34. The minimum Gasteiger partial charge on any atom is -0.350 e. The molecule has 3 rings (SSSR count). The number of benzene rings is 1. The highest BCUT2D eigenvalue weighted by molar-refractivity contribution is 6.30. The van der Waals surface area contributed by atoms with Crippen molar-refractivity contribution in [3.05, 3.63) is 62.5 Å². The number of aryl methyl sites for hydroxylation is 2. The molecule has 0 radical (unpaired) electrons. The average Bonchev–Trinajstić information content (AvgIpc) is 2.79. The number of hydrogen-bond donors (Lipinski definition) is 1. The molecule has 0 fully saturated rings. The summed E-state index contributed by atoms with van der Waals surface area (Å²) in [7, 11) is 0. The van der Waals surface area contributed by atoms with Crippen LogP contribution in [0.4, 0.5) is 0 Å². The van der Waals surface area contributed by atoms with E-state index in [1.165, 1.54) is 4.68 Å². The molecule has 0 saturated heterocycles. The summed E-state index contributed by atoms with van der Waals surface area (Å²) in [6.45, 7) is 0.343. The van der Waals surface area contributed by atoms with Crippen molar-refractivity contribution in [2.75, 3.05) is 0 Å². The number of carbonyl (C=O) groups is 1. The number of carbonyl (C=O) groups excluding carboxylic acids is 1. The molecule has 0 saturated carbocycles. The first-order valence-electron chi connectivity index (χ1n) is 8.23. The topological polar surface area (TPSA) is 64.0 Å². The van der Waals surface area contributed by atoms with Crippen LogP contribution in [0.5, 0.6) is 0 Å². The molecular weight excluding hydrogens is 326 g/mol. The summed E-state index contributed by atoms with van der Waals surface area (Å²) in [5.74, 6) is -0.229. The summed E-state index contributed by atoms with van der Waals surface area (Å²) < 4.78 is 1.27. The second-order valence-electron chi connectivity index (χ2n) is 6.08. The molecule has 1 N–H and O–H groups in total. The molecule has 0 spiro atoms. The van der Waals surface area contributed by atoms with Gasteiger partial charge < -0.3 is 5.32 Å². The SMILES string of the molecule is O=C(Cn1nc2c(cc1=O)CCCCC2)NCc1ccc(Cl)cc1. The van der Waals surface area contributed by atoms with Crippen molar-refractivity contribution in [2.45, 2.75) is 45.2 Å². The highest BCUT2D eigenvalue weighted by Gasteiger charge is 2.13. The predicted molar refractivity (Wildman–Crippen MR) is 93.1 cm³/mol. The van der Waals surface area contributed by atoms with Crippen LogP contribution in [-0.4, -0.2) is 15.7 Å². The van der Waals surface area contributed by atoms with Crippen molar-refractivity contribution >= 4 is 17.5 Å². The summed E-state index contributed by atoms with van der Waals surface area (Å²) in [6, 6.07) is 8.91. The van der Waals surface area contributed by atoms with Gasteiger partial charge in [0.05, 0.1) is 5.69 Å². The van der Waals surface area contributed by atoms with Crippen LogP contribution in [0.25, 0.3) is 0 Å². The van der Waals surface area contributed by atoms with Gasteiger partial charge in [-0.3, -0.25) is 9.59 Å². The minimum atomic E-state index is -0.229. The number of nitrogens with one attached hydrogen (secondary N) is 1. The quantitative estimate of drug-likeness (QED) is 0.866. The predicted octanol–water partition coefficient (Wildman–Crippen LogP) is 2.48. The number of halogens is 1. The van der Waals surface area contributed by atoms with Crippen LogP contribution in [-0.2, 0) is 30.7 Å². The number of aromatic nitrogens is 2. The maximum atomic E-state index is 12.2. The molecule has 0 atom stereocenters. The Balaban J connectivity index is 1.64. The molecule has 24 heavy (non-hydrogen) atoms. The van der Waals surface area contributed by atoms with Crippen LogP contribution in [0.15, 0.2) is 35.1 Å². The van der Waals surface area contributed by atoms with E-state index in [4.69, 9.17) is 11.6 Å². The van der Waals surface area contributed by atoms with E-state index in [-0.39, 0.29) is 18.0 Å². The zero-order chi connectivity index (χ0) is 16.9. The minimum absolute atomic E-state index is 0.0559. The largest absolute Gasteiger partial charge is 0.350 e. The van der Waals surface area contributed by atoms with Crippen LogP contribution >= 0.6 is 11.6 Å². The third-order valence-electron chi connectivity index (χ3n) is 4.22. The van der Waals surface area contributed by atoms with Crippen LogP contribution in [0, 0.1) is 0 Å². The molecule has 1 aromatic carbocycles. The average molecular weight is 346 g/mol. The van der Waals surface area contributed by atoms with E-state index in [0.717, 1.165) is 48.9 Å². The molecule has 0 aliphatic heterocycles. The van der Waals surface area contributed by atoms with Gasteiger partial charge in [0.1, 0.15) is 6.54 Å². The Morgan fingerprint density at radius 2 is 1.92 bits per heavy atom. The molecule has 1 aromatic heterocycles. The van der Waals surface area contributed by atoms with E-state index in [0.29, 0.717) is 11.6 Å². The highest BCUT2D eigenvalue weighted by atomic mass is 35.5. The molecule has 0 unspecified atom stereocenters. The molecule has 5 nitrogen and oxygen atoms in total. The summed E-state index contributed by atoms with van der Waals surface area (Å²) >= 11 is 5.84. The van der Waals surface area contributed by atoms with Crippen LogP contribution < -0.4 is 10.9 Å². The Hall–Kier alpha value is -2.14. The third kappa shape index (κ3) is 4.23. The Morgan fingerprint density at radius 1 is 1.17 bits per heavy atom. The molecule has 126 valence electrons. The summed E-state index contributed by atoms with van der Waals surface area (Å²) in [5.41, 5.74) is 2.74. The van der Waals surface area contributed by atoms with Gasteiger partial charge in [0.2, 0.25) is 5.91 Å². The fraction of sp³-hybridized carbons (Fsp3) is 0.389. The smallest absolute Gasteiger partial charge is 0.267 e. The monoisotopic (exact) mass is 345 g/mol. The Morgan fingerprint density at radius 3 is 2.71 bits per heavy atom. The number of hydrogen-bond acceptors (Lipinski definition) is 3. The fourth-order valence-corrected chi connectivity index (χ4v) is 3.01. The molecule has 1 amide bonds. The molecule has 6 heteroatoms. The first-order valence-corrected chi connectivity index (χ1v) is 8.61. The lowest BCUT2D eigenvalue weighted by atomic mass is 10.1. The van der Waals surface area contributed by atoms with Crippen LogP contribution in [0.2, 0.25) is 5.02 Å². The van der Waals surface area contributed by atoms with Crippen molar-refractivity contribution < 1.29 is 4.79 Å². The van der Waals surface area contributed by atoms with Gasteiger partial charge in [0.25, 0.3) is 5.56 Å². The van der Waals surface area contributed by atoms with Crippen molar-refractivity contribution in [3.8, 4) is 0 Å². The fourth-order valence-electron chi connectivity index (χ4n) is 2.89. The van der Waals surface area contributed by atoms with Gasteiger partial charge in [0, 0.05) is 17.6 Å². The van der Waals surface area contributed by atoms with E-state index < -0.39 is 0 Å². The van der Waals surface area contributed by atoms with Crippen molar-refractivity contribution in [1.29, 1.82) is 0 Å². The van der Waals surface area contributed by atoms with E-state index in [2.05, 4.69) is 10.4 Å². The van der Waals surface area contributed by atoms with Crippen molar-refractivity contribution in [2.24, 2.45) is 0 Å². The second-order valence-corrected chi connectivity index (χ2v) is 6.51. The first kappa shape index (κ1) is 16.7. The van der Waals surface area contributed by atoms with Crippen molar-refractivity contribution in [1.82, 2.24) is 15.1 Å². The molecule has 2 aromatic rings. The molecule has 1 heterocycles. The number of amides is 1. The van der Waals surface area contributed by atoms with Crippen LogP contribution in [0.1, 0.15) is 36.1 Å². The Bertz CT molecular complexity index is 784. The van der Waals surface area contributed by atoms with Crippen LogP contribution in [0.3, 0.4) is 0 Å². The standard InChI is InChI=1S/C18H20ClN3O2/c19-15-8-6-13(7-9-15)11-20-17(23)12-22-18(24)10-14-4-2-1-3-5-16(14)21-22/h6-10H,1-5,11-12H2,(H,20,23). The van der Waals surface area contributed by atoms with Gasteiger partial charge in [-0.05, 0) is 48.9 Å². The highest BCUT2D eigenvalue weighted by Crippen LogP contribution is 2.16. The first-order chi connectivity index (χ1) is 11.6. The van der Waals surface area contributed by atoms with E-state index in [1.807, 2.05) is 12.1 Å². The molecular formula is C18H20ClN3O2. The Kier molecular flexibility index (Phi) is 5.30. The Labute approximate surface area is 145 Å². The van der Waals surface area contributed by atoms with E-state index >= 15 is 0 Å². The van der Waals surface area contributed by atoms with Gasteiger partial charge >= 0.3 is 0 Å². The normalized spacial score (nSPS) is 13.9. The summed E-state index contributed by atoms with van der Waals surface area (Å²) in [5, 5.41) is 7.87. The summed E-state index contributed by atoms with van der Waals surface area (Å²) in [6.07, 6.45) is 5.12. The van der Waals surface area contributed by atoms with Gasteiger partial charge in [-0.15, -0.1) is 0 Å². The van der Waals surface area contributed by atoms with E-state index in [9.17, 15) is 9.59 Å². The number of nitrogens with zero attached hydrogens (tertiary/aromatic N) is 2. The second kappa shape index (κ2) is 7.62. The third-order valence-corrected chi connectivity index (χ3v) is 4.47. The van der Waals surface area contributed by atoms with Gasteiger partial charge in [-0.1, -0.05) is 30.2 Å². The van der Waals surface area contributed by atoms with Crippen molar-refractivity contribution in [3.63, 3.8) is 0 Å². The van der Waals surface area contributed by atoms with Gasteiger partial charge in [-0.2, -0.15) is 5.10 Å². The van der Waals surface area contributed by atoms with Gasteiger partial charge in [-0.25, -0.2) is 4.68 Å². The maximum absolute atomic E-state index is 12.2. The zero-order valence-electron chi connectivity index (χ0n) is 13.4. The number of rotatable bonds is 4. The lowest BCUT2D eigenvalue weighted by molar-refractivity contribution is -0.122. The molecule has 1 aliphatic rings. The summed E-state index contributed by atoms with van der Waals surface area (Å²) in [4.78, 5) is 24.3. The number of fused-ring (bicyclic) bond motifs is 1. The zero-order valence-corrected chi connectivity index (χ0v) is 14.2. The van der Waals surface area contributed by atoms with Gasteiger partial charge in [0.15, 0.2) is 0 Å². The maximum Gasteiger partial charge on any atom is 0.267 e. The van der Waals surface area contributed by atoms with E-state index in [1.54, 1.807) is 18.2 Å². The lowest BCUT2D eigenvalue weighted by Gasteiger charge is -2.10. The molecule has 1 aliphatic carbocycles. The molecule has 0 bridgehead atoms.